The van der Waals surface area contributed by atoms with Crippen LogP contribution >= 0.6 is 0 Å². The summed E-state index contributed by atoms with van der Waals surface area (Å²) >= 11 is 0. The number of nitrogens with zero attached hydrogens (tertiary/aromatic N) is 1. The maximum absolute atomic E-state index is 13.9. The standard InChI is InChI=1S/C13H16FNO4/c1-18-10-2-3-11(12(14)6-10)13(17)15-4-5-19-8-9(15)7-16/h2-3,6,9,16H,4-5,7-8H2,1H3. The number of aliphatic hydroxyl groups is 1. The minimum Gasteiger partial charge on any atom is -0.497 e. The summed E-state index contributed by atoms with van der Waals surface area (Å²) in [5.41, 5.74) is -0.0267. The number of benzene rings is 1. The van der Waals surface area contributed by atoms with Gasteiger partial charge in [-0.25, -0.2) is 4.39 Å². The van der Waals surface area contributed by atoms with Gasteiger partial charge in [0.25, 0.3) is 5.91 Å². The normalized spacial score (nSPS) is 19.3. The maximum Gasteiger partial charge on any atom is 0.257 e. The average molecular weight is 269 g/mol. The van der Waals surface area contributed by atoms with Gasteiger partial charge in [-0.1, -0.05) is 0 Å². The summed E-state index contributed by atoms with van der Waals surface area (Å²) in [6, 6.07) is 3.66. The first-order chi connectivity index (χ1) is 9.17. The van der Waals surface area contributed by atoms with Crippen LogP contribution < -0.4 is 4.74 Å². The van der Waals surface area contributed by atoms with Crippen LogP contribution in [0.2, 0.25) is 0 Å². The Kier molecular flexibility index (Phi) is 4.34. The highest BCUT2D eigenvalue weighted by Gasteiger charge is 2.29. The number of hydrogen-bond donors (Lipinski definition) is 1. The fourth-order valence-electron chi connectivity index (χ4n) is 2.02. The molecule has 1 aromatic rings. The molecule has 1 heterocycles. The molecule has 0 spiro atoms. The van der Waals surface area contributed by atoms with Gasteiger partial charge < -0.3 is 19.5 Å². The van der Waals surface area contributed by atoms with E-state index in [-0.39, 0.29) is 18.8 Å². The van der Waals surface area contributed by atoms with Crippen molar-refractivity contribution in [2.75, 3.05) is 33.5 Å². The van der Waals surface area contributed by atoms with E-state index in [9.17, 15) is 14.3 Å². The first-order valence-corrected chi connectivity index (χ1v) is 6.00. The predicted molar refractivity (Wildman–Crippen MR) is 65.7 cm³/mol. The van der Waals surface area contributed by atoms with E-state index in [1.807, 2.05) is 0 Å². The fourth-order valence-corrected chi connectivity index (χ4v) is 2.02. The minimum atomic E-state index is -0.632. The molecule has 104 valence electrons. The van der Waals surface area contributed by atoms with Crippen molar-refractivity contribution in [3.8, 4) is 5.75 Å². The van der Waals surface area contributed by atoms with E-state index in [1.54, 1.807) is 0 Å². The van der Waals surface area contributed by atoms with Crippen LogP contribution in [0, 0.1) is 5.82 Å². The Labute approximate surface area is 110 Å². The van der Waals surface area contributed by atoms with Gasteiger partial charge in [0, 0.05) is 12.6 Å². The highest BCUT2D eigenvalue weighted by molar-refractivity contribution is 5.95. The third-order valence-electron chi connectivity index (χ3n) is 3.11. The molecule has 0 saturated carbocycles. The monoisotopic (exact) mass is 269 g/mol. The minimum absolute atomic E-state index is 0.0267. The molecule has 19 heavy (non-hydrogen) atoms. The van der Waals surface area contributed by atoms with Gasteiger partial charge in [-0.05, 0) is 12.1 Å². The van der Waals surface area contributed by atoms with Crippen LogP contribution in [-0.4, -0.2) is 55.4 Å². The Morgan fingerprint density at radius 1 is 1.63 bits per heavy atom. The lowest BCUT2D eigenvalue weighted by Gasteiger charge is -2.34. The second-order valence-electron chi connectivity index (χ2n) is 4.26. The number of aliphatic hydroxyl groups excluding tert-OH is 1. The van der Waals surface area contributed by atoms with Crippen molar-refractivity contribution in [1.82, 2.24) is 4.90 Å². The number of morpholine rings is 1. The molecule has 1 aromatic carbocycles. The summed E-state index contributed by atoms with van der Waals surface area (Å²) < 4.78 is 23.9. The van der Waals surface area contributed by atoms with E-state index in [4.69, 9.17) is 9.47 Å². The maximum atomic E-state index is 13.9. The Balaban J connectivity index is 2.23. The molecule has 0 aromatic heterocycles. The molecule has 1 unspecified atom stereocenters. The van der Waals surface area contributed by atoms with E-state index in [0.717, 1.165) is 0 Å². The van der Waals surface area contributed by atoms with Gasteiger partial charge in [0.05, 0.1) is 38.5 Å². The summed E-state index contributed by atoms with van der Waals surface area (Å²) in [6.07, 6.45) is 0. The lowest BCUT2D eigenvalue weighted by molar-refractivity contribution is -0.0185. The van der Waals surface area contributed by atoms with Crippen LogP contribution in [0.15, 0.2) is 18.2 Å². The van der Waals surface area contributed by atoms with Crippen LogP contribution in [-0.2, 0) is 4.74 Å². The van der Waals surface area contributed by atoms with Crippen LogP contribution in [0.4, 0.5) is 4.39 Å². The summed E-state index contributed by atoms with van der Waals surface area (Å²) in [5.74, 6) is -0.718. The molecule has 1 saturated heterocycles. The van der Waals surface area contributed by atoms with Crippen molar-refractivity contribution in [3.63, 3.8) is 0 Å². The largest absolute Gasteiger partial charge is 0.497 e. The number of amides is 1. The molecule has 1 fully saturated rings. The Bertz CT molecular complexity index is 466. The van der Waals surface area contributed by atoms with Crippen molar-refractivity contribution in [2.24, 2.45) is 0 Å². The highest BCUT2D eigenvalue weighted by atomic mass is 19.1. The summed E-state index contributed by atoms with van der Waals surface area (Å²) in [4.78, 5) is 13.7. The Morgan fingerprint density at radius 2 is 2.42 bits per heavy atom. The molecule has 0 bridgehead atoms. The van der Waals surface area contributed by atoms with E-state index in [0.29, 0.717) is 18.9 Å². The van der Waals surface area contributed by atoms with Crippen LogP contribution in [0.25, 0.3) is 0 Å². The molecule has 5 nitrogen and oxygen atoms in total. The van der Waals surface area contributed by atoms with Gasteiger partial charge in [-0.2, -0.15) is 0 Å². The number of rotatable bonds is 3. The molecule has 2 rings (SSSR count). The number of methoxy groups -OCH3 is 1. The summed E-state index contributed by atoms with van der Waals surface area (Å²) in [5, 5.41) is 9.22. The second-order valence-corrected chi connectivity index (χ2v) is 4.26. The average Bonchev–Trinajstić information content (AvgIpc) is 2.46. The zero-order valence-electron chi connectivity index (χ0n) is 10.6. The number of carbonyl (C=O) groups is 1. The van der Waals surface area contributed by atoms with Crippen LogP contribution in [0.1, 0.15) is 10.4 Å². The van der Waals surface area contributed by atoms with E-state index in [1.165, 1.54) is 30.2 Å². The van der Waals surface area contributed by atoms with Crippen molar-refractivity contribution >= 4 is 5.91 Å². The molecule has 1 aliphatic heterocycles. The van der Waals surface area contributed by atoms with Crippen molar-refractivity contribution in [2.45, 2.75) is 6.04 Å². The van der Waals surface area contributed by atoms with Crippen LogP contribution in [0.3, 0.4) is 0 Å². The van der Waals surface area contributed by atoms with E-state index < -0.39 is 17.8 Å². The van der Waals surface area contributed by atoms with Crippen molar-refractivity contribution in [1.29, 1.82) is 0 Å². The Hall–Kier alpha value is -1.66. The third kappa shape index (κ3) is 2.85. The number of ether oxygens (including phenoxy) is 2. The van der Waals surface area contributed by atoms with Crippen LogP contribution in [0.5, 0.6) is 5.75 Å². The topological polar surface area (TPSA) is 59.0 Å². The summed E-state index contributed by atoms with van der Waals surface area (Å²) in [7, 11) is 1.43. The lowest BCUT2D eigenvalue weighted by Crippen LogP contribution is -2.50. The van der Waals surface area contributed by atoms with Gasteiger partial charge in [0.2, 0.25) is 0 Å². The molecular weight excluding hydrogens is 253 g/mol. The number of hydrogen-bond acceptors (Lipinski definition) is 4. The summed E-state index contributed by atoms with van der Waals surface area (Å²) in [6.45, 7) is 0.791. The molecule has 1 N–H and O–H groups in total. The number of carbonyl (C=O) groups excluding carboxylic acids is 1. The molecular formula is C13H16FNO4. The van der Waals surface area contributed by atoms with Gasteiger partial charge in [-0.15, -0.1) is 0 Å². The van der Waals surface area contributed by atoms with Crippen molar-refractivity contribution < 1.29 is 23.8 Å². The zero-order valence-corrected chi connectivity index (χ0v) is 10.6. The molecule has 1 atom stereocenters. The molecule has 1 aliphatic rings. The van der Waals surface area contributed by atoms with Gasteiger partial charge in [0.1, 0.15) is 11.6 Å². The molecule has 0 radical (unpaired) electrons. The smallest absolute Gasteiger partial charge is 0.257 e. The predicted octanol–water partition coefficient (Wildman–Crippen LogP) is 0.668. The molecule has 6 heteroatoms. The molecule has 1 amide bonds. The SMILES string of the molecule is COc1ccc(C(=O)N2CCOCC2CO)c(F)c1. The van der Waals surface area contributed by atoms with Gasteiger partial charge in [-0.3, -0.25) is 4.79 Å². The van der Waals surface area contributed by atoms with E-state index in [2.05, 4.69) is 0 Å². The Morgan fingerprint density at radius 3 is 3.05 bits per heavy atom. The van der Waals surface area contributed by atoms with Gasteiger partial charge >= 0.3 is 0 Å². The van der Waals surface area contributed by atoms with E-state index >= 15 is 0 Å². The lowest BCUT2D eigenvalue weighted by atomic mass is 10.1. The second kappa shape index (κ2) is 5.99. The fraction of sp³-hybridized carbons (Fsp3) is 0.462. The zero-order chi connectivity index (χ0) is 13.8. The first-order valence-electron chi connectivity index (χ1n) is 6.00. The quantitative estimate of drug-likeness (QED) is 0.876. The van der Waals surface area contributed by atoms with Crippen molar-refractivity contribution in [3.05, 3.63) is 29.6 Å². The number of halogens is 1. The van der Waals surface area contributed by atoms with Gasteiger partial charge in [0.15, 0.2) is 0 Å². The third-order valence-corrected chi connectivity index (χ3v) is 3.11. The first kappa shape index (κ1) is 13.8. The highest BCUT2D eigenvalue weighted by Crippen LogP contribution is 2.19. The molecule has 0 aliphatic carbocycles.